The van der Waals surface area contributed by atoms with Gasteiger partial charge in [0.05, 0.1) is 24.7 Å². The Morgan fingerprint density at radius 2 is 2.00 bits per heavy atom. The number of benzene rings is 1. The Labute approximate surface area is 181 Å². The van der Waals surface area contributed by atoms with E-state index >= 15 is 0 Å². The summed E-state index contributed by atoms with van der Waals surface area (Å²) in [6.07, 6.45) is 3.98. The Balaban J connectivity index is 1.50. The fourth-order valence-electron chi connectivity index (χ4n) is 4.49. The number of fused-ring (bicyclic) bond motifs is 1. The van der Waals surface area contributed by atoms with Gasteiger partial charge in [-0.15, -0.1) is 0 Å². The first-order valence-electron chi connectivity index (χ1n) is 10.3. The van der Waals surface area contributed by atoms with E-state index in [1.54, 1.807) is 12.1 Å². The van der Waals surface area contributed by atoms with Gasteiger partial charge >= 0.3 is 0 Å². The molecule has 4 rings (SSSR count). The maximum atomic E-state index is 12.7. The number of nitriles is 1. The number of nitrogens with zero attached hydrogens (tertiary/aromatic N) is 2. The van der Waals surface area contributed by atoms with Crippen LogP contribution in [-0.4, -0.2) is 56.3 Å². The minimum Gasteiger partial charge on any atom is -0.368 e. The third-order valence-electron chi connectivity index (χ3n) is 6.03. The predicted molar refractivity (Wildman–Crippen MR) is 113 cm³/mol. The van der Waals surface area contributed by atoms with Crippen molar-refractivity contribution < 1.29 is 18.0 Å². The van der Waals surface area contributed by atoms with Crippen LogP contribution in [0.5, 0.6) is 0 Å². The molecule has 0 aromatic heterocycles. The number of hydrazine groups is 1. The van der Waals surface area contributed by atoms with Gasteiger partial charge in [-0.25, -0.2) is 23.6 Å². The zero-order chi connectivity index (χ0) is 22.2. The molecule has 0 bridgehead atoms. The van der Waals surface area contributed by atoms with Crippen molar-refractivity contribution in [2.45, 2.75) is 43.9 Å². The number of rotatable bonds is 7. The van der Waals surface area contributed by atoms with E-state index in [0.717, 1.165) is 25.5 Å². The Bertz CT molecular complexity index is 1000. The molecule has 166 valence electrons. The number of hydrogen-bond acceptors (Lipinski definition) is 8. The number of carbonyl (C=O) groups is 2. The molecule has 10 nitrogen and oxygen atoms in total. The molecular formula is C20H26N6O4S. The van der Waals surface area contributed by atoms with Crippen LogP contribution < -0.4 is 20.8 Å². The summed E-state index contributed by atoms with van der Waals surface area (Å²) in [4.78, 5) is 24.7. The lowest BCUT2D eigenvalue weighted by Crippen LogP contribution is -2.52. The maximum absolute atomic E-state index is 12.7. The highest BCUT2D eigenvalue weighted by atomic mass is 32.2. The molecule has 2 amide bonds. The quantitative estimate of drug-likeness (QED) is 0.463. The number of amides is 2. The minimum absolute atomic E-state index is 0.00464. The van der Waals surface area contributed by atoms with E-state index in [1.165, 1.54) is 12.1 Å². The van der Waals surface area contributed by atoms with Crippen LogP contribution in [0.4, 0.5) is 5.69 Å². The van der Waals surface area contributed by atoms with Gasteiger partial charge in [0, 0.05) is 29.9 Å². The summed E-state index contributed by atoms with van der Waals surface area (Å²) in [6.45, 7) is 0.610. The van der Waals surface area contributed by atoms with Gasteiger partial charge in [-0.05, 0) is 49.4 Å². The molecule has 3 unspecified atom stereocenters. The van der Waals surface area contributed by atoms with E-state index in [0.29, 0.717) is 24.6 Å². The van der Waals surface area contributed by atoms with Gasteiger partial charge in [0.1, 0.15) is 6.17 Å². The van der Waals surface area contributed by atoms with Crippen molar-refractivity contribution in [3.8, 4) is 6.07 Å². The Morgan fingerprint density at radius 1 is 1.29 bits per heavy atom. The monoisotopic (exact) mass is 446 g/mol. The first kappa shape index (κ1) is 21.5. The molecule has 1 aromatic carbocycles. The second kappa shape index (κ2) is 8.45. The third-order valence-corrected chi connectivity index (χ3v) is 6.59. The SMILES string of the molecule is CS(=O)(=O)NC(=O)c1ccc(NC2NN([C@@H](CC#N)C3CC3)C3CCNC(=O)C23)cc1. The number of anilines is 1. The van der Waals surface area contributed by atoms with Crippen LogP contribution in [0.25, 0.3) is 0 Å². The molecule has 3 aliphatic rings. The summed E-state index contributed by atoms with van der Waals surface area (Å²) >= 11 is 0. The van der Waals surface area contributed by atoms with Gasteiger partial charge < -0.3 is 10.6 Å². The van der Waals surface area contributed by atoms with Crippen molar-refractivity contribution in [2.24, 2.45) is 11.8 Å². The zero-order valence-electron chi connectivity index (χ0n) is 17.2. The Morgan fingerprint density at radius 3 is 2.61 bits per heavy atom. The van der Waals surface area contributed by atoms with Gasteiger partial charge in [-0.2, -0.15) is 5.26 Å². The van der Waals surface area contributed by atoms with Gasteiger partial charge in [-0.3, -0.25) is 9.59 Å². The number of nitrogens with one attached hydrogen (secondary N) is 4. The van der Waals surface area contributed by atoms with Gasteiger partial charge in [0.25, 0.3) is 5.91 Å². The molecule has 4 N–H and O–H groups in total. The lowest BCUT2D eigenvalue weighted by atomic mass is 9.90. The highest BCUT2D eigenvalue weighted by molar-refractivity contribution is 7.89. The minimum atomic E-state index is -3.64. The molecule has 2 aliphatic heterocycles. The molecule has 1 aromatic rings. The van der Waals surface area contributed by atoms with Crippen LogP contribution in [-0.2, 0) is 14.8 Å². The highest BCUT2D eigenvalue weighted by Gasteiger charge is 2.51. The third kappa shape index (κ3) is 4.81. The van der Waals surface area contributed by atoms with Crippen molar-refractivity contribution in [3.05, 3.63) is 29.8 Å². The molecule has 0 spiro atoms. The molecule has 31 heavy (non-hydrogen) atoms. The van der Waals surface area contributed by atoms with Crippen LogP contribution in [0.3, 0.4) is 0 Å². The van der Waals surface area contributed by atoms with Gasteiger partial charge in [-0.1, -0.05) is 0 Å². The summed E-state index contributed by atoms with van der Waals surface area (Å²) in [7, 11) is -3.64. The first-order valence-corrected chi connectivity index (χ1v) is 12.2. The van der Waals surface area contributed by atoms with E-state index in [2.05, 4.69) is 27.1 Å². The van der Waals surface area contributed by atoms with E-state index < -0.39 is 15.9 Å². The summed E-state index contributed by atoms with van der Waals surface area (Å²) in [5, 5.41) is 17.7. The van der Waals surface area contributed by atoms with Crippen molar-refractivity contribution in [3.63, 3.8) is 0 Å². The average molecular weight is 447 g/mol. The predicted octanol–water partition coefficient (Wildman–Crippen LogP) is 0.131. The van der Waals surface area contributed by atoms with Crippen molar-refractivity contribution in [1.82, 2.24) is 20.5 Å². The number of hydrogen-bond donors (Lipinski definition) is 4. The molecule has 1 aliphatic carbocycles. The van der Waals surface area contributed by atoms with Crippen LogP contribution in [0.15, 0.2) is 24.3 Å². The van der Waals surface area contributed by atoms with Crippen molar-refractivity contribution in [1.29, 1.82) is 5.26 Å². The first-order chi connectivity index (χ1) is 14.8. The van der Waals surface area contributed by atoms with Crippen molar-refractivity contribution >= 4 is 27.5 Å². The fourth-order valence-corrected chi connectivity index (χ4v) is 4.95. The smallest absolute Gasteiger partial charge is 0.264 e. The molecule has 4 atom stereocenters. The van der Waals surface area contributed by atoms with E-state index in [1.807, 2.05) is 4.72 Å². The fraction of sp³-hybridized carbons (Fsp3) is 0.550. The standard InChI is InChI=1S/C20H26N6O4S/c1-31(29,30)25-19(27)13-4-6-14(7-5-13)23-18-17-16(9-11-22-20(17)28)26(24-18)15(8-10-21)12-2-3-12/h4-7,12,15-18,23-24H,2-3,8-9,11H2,1H3,(H,22,28)(H,25,27)/t15-,16?,17?,18?/m0/s1. The second-order valence-electron chi connectivity index (χ2n) is 8.38. The molecule has 1 saturated carbocycles. The van der Waals surface area contributed by atoms with E-state index in [4.69, 9.17) is 0 Å². The number of piperidine rings is 1. The summed E-state index contributed by atoms with van der Waals surface area (Å²) in [6, 6.07) is 8.76. The maximum Gasteiger partial charge on any atom is 0.264 e. The molecular weight excluding hydrogens is 420 g/mol. The lowest BCUT2D eigenvalue weighted by molar-refractivity contribution is -0.128. The van der Waals surface area contributed by atoms with Crippen LogP contribution >= 0.6 is 0 Å². The van der Waals surface area contributed by atoms with E-state index in [-0.39, 0.29) is 35.6 Å². The second-order valence-corrected chi connectivity index (χ2v) is 10.1. The molecule has 2 saturated heterocycles. The van der Waals surface area contributed by atoms with Crippen LogP contribution in [0.2, 0.25) is 0 Å². The Hall–Kier alpha value is -2.68. The van der Waals surface area contributed by atoms with Crippen LogP contribution in [0, 0.1) is 23.2 Å². The van der Waals surface area contributed by atoms with Crippen LogP contribution in [0.1, 0.15) is 36.0 Å². The summed E-state index contributed by atoms with van der Waals surface area (Å²) < 4.78 is 24.4. The number of sulfonamides is 1. The topological polar surface area (TPSA) is 143 Å². The average Bonchev–Trinajstić information content (AvgIpc) is 3.48. The zero-order valence-corrected chi connectivity index (χ0v) is 18.0. The number of carbonyl (C=O) groups excluding carboxylic acids is 2. The summed E-state index contributed by atoms with van der Waals surface area (Å²) in [5.74, 6) is -0.569. The van der Waals surface area contributed by atoms with E-state index in [9.17, 15) is 23.3 Å². The molecule has 0 radical (unpaired) electrons. The largest absolute Gasteiger partial charge is 0.368 e. The highest BCUT2D eigenvalue weighted by Crippen LogP contribution is 2.41. The van der Waals surface area contributed by atoms with Crippen molar-refractivity contribution in [2.75, 3.05) is 18.1 Å². The molecule has 3 fully saturated rings. The lowest BCUT2D eigenvalue weighted by Gasteiger charge is -2.34. The van der Waals surface area contributed by atoms with Gasteiger partial charge in [0.15, 0.2) is 0 Å². The summed E-state index contributed by atoms with van der Waals surface area (Å²) in [5.41, 5.74) is 4.34. The van der Waals surface area contributed by atoms with Gasteiger partial charge in [0.2, 0.25) is 15.9 Å². The normalized spacial score (nSPS) is 27.0. The molecule has 11 heteroatoms. The Kier molecular flexibility index (Phi) is 5.88. The molecule has 2 heterocycles.